The lowest BCUT2D eigenvalue weighted by atomic mass is 9.87. The molecule has 26 heavy (non-hydrogen) atoms. The van der Waals surface area contributed by atoms with Crippen LogP contribution < -0.4 is 10.7 Å². The molecule has 0 radical (unpaired) electrons. The van der Waals surface area contributed by atoms with Crippen molar-refractivity contribution in [1.29, 1.82) is 0 Å². The van der Waals surface area contributed by atoms with Crippen molar-refractivity contribution >= 4 is 34.0 Å². The van der Waals surface area contributed by atoms with E-state index >= 15 is 0 Å². The van der Waals surface area contributed by atoms with Crippen molar-refractivity contribution in [1.82, 2.24) is 10.7 Å². The molecule has 0 saturated carbocycles. The van der Waals surface area contributed by atoms with Crippen molar-refractivity contribution in [3.05, 3.63) is 69.7 Å². The first-order chi connectivity index (χ1) is 12.3. The number of benzene rings is 2. The van der Waals surface area contributed by atoms with E-state index in [1.807, 2.05) is 36.4 Å². The molecule has 0 bridgehead atoms. The van der Waals surface area contributed by atoms with E-state index in [1.165, 1.54) is 6.21 Å². The normalized spacial score (nSPS) is 11.4. The fourth-order valence-electron chi connectivity index (χ4n) is 2.15. The van der Waals surface area contributed by atoms with Crippen LogP contribution in [0.25, 0.3) is 0 Å². The molecule has 2 amide bonds. The van der Waals surface area contributed by atoms with E-state index in [9.17, 15) is 9.59 Å². The van der Waals surface area contributed by atoms with Gasteiger partial charge in [-0.15, -0.1) is 0 Å². The Kier molecular flexibility index (Phi) is 6.69. The van der Waals surface area contributed by atoms with Crippen LogP contribution in [0.4, 0.5) is 0 Å². The lowest BCUT2D eigenvalue weighted by molar-refractivity contribution is -0.120. The maximum atomic E-state index is 12.1. The number of nitrogens with one attached hydrogen (secondary N) is 2. The van der Waals surface area contributed by atoms with Crippen molar-refractivity contribution in [2.75, 3.05) is 6.54 Å². The van der Waals surface area contributed by atoms with Gasteiger partial charge in [0.1, 0.15) is 0 Å². The molecule has 0 unspecified atom stereocenters. The van der Waals surface area contributed by atoms with Crippen LogP contribution in [0, 0.1) is 0 Å². The average Bonchev–Trinajstić information content (AvgIpc) is 2.61. The highest BCUT2D eigenvalue weighted by molar-refractivity contribution is 9.10. The lowest BCUT2D eigenvalue weighted by Crippen LogP contribution is -2.34. The Morgan fingerprint density at radius 1 is 1.04 bits per heavy atom. The van der Waals surface area contributed by atoms with Gasteiger partial charge in [0.05, 0.1) is 12.8 Å². The van der Waals surface area contributed by atoms with Gasteiger partial charge in [0.2, 0.25) is 0 Å². The Labute approximate surface area is 162 Å². The molecule has 0 aliphatic heterocycles. The number of nitrogens with zero attached hydrogens (tertiary/aromatic N) is 1. The second kappa shape index (κ2) is 8.76. The molecule has 0 saturated heterocycles. The number of hydrogen-bond donors (Lipinski definition) is 2. The summed E-state index contributed by atoms with van der Waals surface area (Å²) in [6, 6.07) is 14.9. The van der Waals surface area contributed by atoms with Crippen molar-refractivity contribution < 1.29 is 9.59 Å². The summed E-state index contributed by atoms with van der Waals surface area (Å²) in [7, 11) is 0. The van der Waals surface area contributed by atoms with Gasteiger partial charge in [0.25, 0.3) is 11.8 Å². The fraction of sp³-hybridized carbons (Fsp3) is 0.250. The van der Waals surface area contributed by atoms with Gasteiger partial charge in [-0.25, -0.2) is 5.43 Å². The number of hydrazone groups is 1. The van der Waals surface area contributed by atoms with Gasteiger partial charge in [0, 0.05) is 10.0 Å². The Hall–Kier alpha value is -2.47. The second-order valence-corrected chi connectivity index (χ2v) is 7.77. The predicted molar refractivity (Wildman–Crippen MR) is 107 cm³/mol. The predicted octanol–water partition coefficient (Wildman–Crippen LogP) is 3.63. The molecule has 5 nitrogen and oxygen atoms in total. The van der Waals surface area contributed by atoms with Crippen LogP contribution in [-0.2, 0) is 10.2 Å². The number of amides is 2. The van der Waals surface area contributed by atoms with Gasteiger partial charge in [-0.1, -0.05) is 61.0 Å². The maximum absolute atomic E-state index is 12.1. The fourth-order valence-corrected chi connectivity index (χ4v) is 2.42. The van der Waals surface area contributed by atoms with Crippen LogP contribution in [0.3, 0.4) is 0 Å². The van der Waals surface area contributed by atoms with Crippen molar-refractivity contribution in [3.63, 3.8) is 0 Å². The third-order valence-electron chi connectivity index (χ3n) is 3.70. The molecular formula is C20H22BrN3O2. The summed E-state index contributed by atoms with van der Waals surface area (Å²) in [5, 5.41) is 6.45. The monoisotopic (exact) mass is 415 g/mol. The topological polar surface area (TPSA) is 70.6 Å². The minimum atomic E-state index is -0.391. The first-order valence-corrected chi connectivity index (χ1v) is 9.01. The van der Waals surface area contributed by atoms with Gasteiger partial charge in [-0.2, -0.15) is 5.10 Å². The quantitative estimate of drug-likeness (QED) is 0.577. The Bertz CT molecular complexity index is 791. The van der Waals surface area contributed by atoms with E-state index in [0.717, 1.165) is 15.6 Å². The lowest BCUT2D eigenvalue weighted by Gasteiger charge is -2.19. The highest BCUT2D eigenvalue weighted by Gasteiger charge is 2.14. The van der Waals surface area contributed by atoms with Crippen molar-refractivity contribution in [2.45, 2.75) is 26.2 Å². The van der Waals surface area contributed by atoms with E-state index in [-0.39, 0.29) is 17.9 Å². The smallest absolute Gasteiger partial charge is 0.259 e. The summed E-state index contributed by atoms with van der Waals surface area (Å²) in [6.07, 6.45) is 1.54. The summed E-state index contributed by atoms with van der Waals surface area (Å²) < 4.78 is 0.969. The summed E-state index contributed by atoms with van der Waals surface area (Å²) in [5.41, 5.74) is 4.94. The molecule has 2 aromatic carbocycles. The van der Waals surface area contributed by atoms with E-state index < -0.39 is 5.91 Å². The Morgan fingerprint density at radius 3 is 2.23 bits per heavy atom. The molecular weight excluding hydrogens is 394 g/mol. The van der Waals surface area contributed by atoms with Gasteiger partial charge in [0.15, 0.2) is 0 Å². The van der Waals surface area contributed by atoms with E-state index in [4.69, 9.17) is 0 Å². The zero-order valence-corrected chi connectivity index (χ0v) is 16.6. The molecule has 0 spiro atoms. The average molecular weight is 416 g/mol. The van der Waals surface area contributed by atoms with Gasteiger partial charge in [-0.3, -0.25) is 9.59 Å². The summed E-state index contributed by atoms with van der Waals surface area (Å²) in [6.45, 7) is 6.20. The zero-order chi connectivity index (χ0) is 19.2. The standard InChI is InChI=1S/C20H22BrN3O2/c1-20(2,3)16-8-6-15(7-9-16)19(26)22-13-18(25)24-23-12-14-4-10-17(21)11-5-14/h4-12H,13H2,1-3H3,(H,22,26)(H,24,25)/b23-12+. The molecule has 2 aromatic rings. The van der Waals surface area contributed by atoms with Gasteiger partial charge < -0.3 is 5.32 Å². The number of carbonyl (C=O) groups excluding carboxylic acids is 2. The molecule has 0 aliphatic carbocycles. The van der Waals surface area contributed by atoms with Crippen molar-refractivity contribution in [2.24, 2.45) is 5.10 Å². The van der Waals surface area contributed by atoms with Crippen LogP contribution in [0.15, 0.2) is 58.1 Å². The minimum Gasteiger partial charge on any atom is -0.343 e. The summed E-state index contributed by atoms with van der Waals surface area (Å²) in [4.78, 5) is 23.9. The third-order valence-corrected chi connectivity index (χ3v) is 4.22. The Balaban J connectivity index is 1.81. The first-order valence-electron chi connectivity index (χ1n) is 8.22. The third kappa shape index (κ3) is 6.11. The molecule has 2 rings (SSSR count). The largest absolute Gasteiger partial charge is 0.343 e. The number of rotatable bonds is 5. The van der Waals surface area contributed by atoms with Crippen LogP contribution in [0.2, 0.25) is 0 Å². The highest BCUT2D eigenvalue weighted by Crippen LogP contribution is 2.22. The first kappa shape index (κ1) is 19.8. The zero-order valence-electron chi connectivity index (χ0n) is 15.0. The second-order valence-electron chi connectivity index (χ2n) is 6.85. The summed E-state index contributed by atoms with van der Waals surface area (Å²) in [5.74, 6) is -0.685. The molecule has 0 atom stereocenters. The van der Waals surface area contributed by atoms with E-state index in [0.29, 0.717) is 5.56 Å². The number of halogens is 1. The summed E-state index contributed by atoms with van der Waals surface area (Å²) >= 11 is 3.35. The molecule has 6 heteroatoms. The van der Waals surface area contributed by atoms with Crippen LogP contribution in [-0.4, -0.2) is 24.6 Å². The minimum absolute atomic E-state index is 0.0295. The van der Waals surface area contributed by atoms with Gasteiger partial charge >= 0.3 is 0 Å². The SMILES string of the molecule is CC(C)(C)c1ccc(C(=O)NCC(=O)N/N=C/c2ccc(Br)cc2)cc1. The molecule has 2 N–H and O–H groups in total. The molecule has 0 aromatic heterocycles. The van der Waals surface area contributed by atoms with E-state index in [2.05, 4.69) is 52.5 Å². The number of hydrogen-bond acceptors (Lipinski definition) is 3. The van der Waals surface area contributed by atoms with Crippen molar-refractivity contribution in [3.8, 4) is 0 Å². The number of carbonyl (C=O) groups is 2. The Morgan fingerprint density at radius 2 is 1.65 bits per heavy atom. The molecule has 0 heterocycles. The van der Waals surface area contributed by atoms with Gasteiger partial charge in [-0.05, 0) is 40.8 Å². The highest BCUT2D eigenvalue weighted by atomic mass is 79.9. The maximum Gasteiger partial charge on any atom is 0.259 e. The molecule has 136 valence electrons. The molecule has 0 aliphatic rings. The van der Waals surface area contributed by atoms with E-state index in [1.54, 1.807) is 12.1 Å². The van der Waals surface area contributed by atoms with Crippen LogP contribution in [0.5, 0.6) is 0 Å². The van der Waals surface area contributed by atoms with Crippen LogP contribution >= 0.6 is 15.9 Å². The van der Waals surface area contributed by atoms with Crippen LogP contribution in [0.1, 0.15) is 42.3 Å². The molecule has 0 fully saturated rings.